The van der Waals surface area contributed by atoms with Crippen LogP contribution in [0.2, 0.25) is 0 Å². The maximum Gasteiger partial charge on any atom is 0.131 e. The fraction of sp³-hybridized carbons (Fsp3) is 0.385. The van der Waals surface area contributed by atoms with Gasteiger partial charge >= 0.3 is 0 Å². The van der Waals surface area contributed by atoms with E-state index < -0.39 is 5.60 Å². The normalized spacial score (nSPS) is 24.1. The fourth-order valence-corrected chi connectivity index (χ4v) is 2.29. The molecule has 0 saturated carbocycles. The monoisotopic (exact) mass is 245 g/mol. The van der Waals surface area contributed by atoms with E-state index in [9.17, 15) is 5.11 Å². The maximum absolute atomic E-state index is 10.6. The Balaban J connectivity index is 2.01. The zero-order chi connectivity index (χ0) is 12.4. The molecule has 1 saturated heterocycles. The molecule has 18 heavy (non-hydrogen) atoms. The van der Waals surface area contributed by atoms with E-state index in [0.29, 0.717) is 25.3 Å². The minimum absolute atomic E-state index is 0.299. The number of hydrogen-bond donors (Lipinski definition) is 1. The molecule has 1 unspecified atom stereocenters. The number of ether oxygens (including phenoxy) is 1. The van der Waals surface area contributed by atoms with E-state index in [4.69, 9.17) is 4.74 Å². The first-order chi connectivity index (χ1) is 8.80. The highest BCUT2D eigenvalue weighted by Gasteiger charge is 2.36. The Bertz CT molecular complexity index is 518. The van der Waals surface area contributed by atoms with Crippen LogP contribution in [0.25, 0.3) is 5.69 Å². The number of aromatic nitrogens is 3. The van der Waals surface area contributed by atoms with Crippen molar-refractivity contribution in [2.75, 3.05) is 13.2 Å². The van der Waals surface area contributed by atoms with Crippen LogP contribution in [-0.4, -0.2) is 33.3 Å². The Morgan fingerprint density at radius 2 is 2.11 bits per heavy atom. The van der Waals surface area contributed by atoms with E-state index in [2.05, 4.69) is 10.3 Å². The molecular weight excluding hydrogens is 230 g/mol. The van der Waals surface area contributed by atoms with E-state index in [1.807, 2.05) is 30.3 Å². The largest absolute Gasteiger partial charge is 0.381 e. The van der Waals surface area contributed by atoms with Gasteiger partial charge in [0.05, 0.1) is 24.2 Å². The van der Waals surface area contributed by atoms with E-state index in [1.165, 1.54) is 0 Å². The van der Waals surface area contributed by atoms with Crippen LogP contribution in [0.5, 0.6) is 0 Å². The van der Waals surface area contributed by atoms with Gasteiger partial charge in [0.15, 0.2) is 0 Å². The first-order valence-electron chi connectivity index (χ1n) is 6.06. The van der Waals surface area contributed by atoms with Crippen molar-refractivity contribution < 1.29 is 9.84 Å². The van der Waals surface area contributed by atoms with Crippen molar-refractivity contribution in [2.24, 2.45) is 0 Å². The summed E-state index contributed by atoms with van der Waals surface area (Å²) in [6, 6.07) is 9.68. The van der Waals surface area contributed by atoms with Gasteiger partial charge in [-0.15, -0.1) is 5.10 Å². The van der Waals surface area contributed by atoms with Gasteiger partial charge in [0, 0.05) is 6.61 Å². The van der Waals surface area contributed by atoms with Crippen LogP contribution in [0.1, 0.15) is 18.5 Å². The van der Waals surface area contributed by atoms with Crippen molar-refractivity contribution >= 4 is 0 Å². The second kappa shape index (κ2) is 4.51. The highest BCUT2D eigenvalue weighted by atomic mass is 16.5. The molecule has 0 spiro atoms. The van der Waals surface area contributed by atoms with Gasteiger partial charge < -0.3 is 9.84 Å². The molecule has 1 aromatic carbocycles. The average Bonchev–Trinajstić information content (AvgIpc) is 2.91. The molecule has 0 amide bonds. The number of para-hydroxylation sites is 1. The summed E-state index contributed by atoms with van der Waals surface area (Å²) in [5.74, 6) is 0. The lowest BCUT2D eigenvalue weighted by atomic mass is 9.93. The number of rotatable bonds is 2. The predicted molar refractivity (Wildman–Crippen MR) is 65.3 cm³/mol. The highest BCUT2D eigenvalue weighted by Crippen LogP contribution is 2.30. The Hall–Kier alpha value is -1.72. The van der Waals surface area contributed by atoms with Gasteiger partial charge in [-0.3, -0.25) is 0 Å². The SMILES string of the molecule is OC1(c2cnnn2-c2ccccc2)CCCOC1. The maximum atomic E-state index is 10.6. The van der Waals surface area contributed by atoms with E-state index in [0.717, 1.165) is 12.1 Å². The molecule has 0 bridgehead atoms. The summed E-state index contributed by atoms with van der Waals surface area (Å²) in [6.45, 7) is 1.00. The van der Waals surface area contributed by atoms with Crippen molar-refractivity contribution in [3.63, 3.8) is 0 Å². The molecule has 2 aromatic rings. The lowest BCUT2D eigenvalue weighted by Gasteiger charge is -2.31. The molecule has 1 fully saturated rings. The standard InChI is InChI=1S/C13H15N3O2/c17-13(7-4-8-18-10-13)12-9-14-15-16(12)11-5-2-1-3-6-11/h1-3,5-6,9,17H,4,7-8,10H2. The van der Waals surface area contributed by atoms with E-state index >= 15 is 0 Å². The van der Waals surface area contributed by atoms with Gasteiger partial charge in [-0.05, 0) is 25.0 Å². The van der Waals surface area contributed by atoms with Gasteiger partial charge in [-0.25, -0.2) is 4.68 Å². The zero-order valence-electron chi connectivity index (χ0n) is 9.99. The molecular formula is C13H15N3O2. The van der Waals surface area contributed by atoms with Gasteiger partial charge in [0.2, 0.25) is 0 Å². The van der Waals surface area contributed by atoms with Gasteiger partial charge in [0.25, 0.3) is 0 Å². The van der Waals surface area contributed by atoms with Gasteiger partial charge in [-0.2, -0.15) is 0 Å². The van der Waals surface area contributed by atoms with Crippen molar-refractivity contribution in [1.82, 2.24) is 15.0 Å². The van der Waals surface area contributed by atoms with Gasteiger partial charge in [-0.1, -0.05) is 23.4 Å². The summed E-state index contributed by atoms with van der Waals surface area (Å²) >= 11 is 0. The van der Waals surface area contributed by atoms with E-state index in [1.54, 1.807) is 10.9 Å². The third kappa shape index (κ3) is 1.91. The Labute approximate surface area is 105 Å². The third-order valence-electron chi connectivity index (χ3n) is 3.25. The number of benzene rings is 1. The number of hydrogen-bond acceptors (Lipinski definition) is 4. The lowest BCUT2D eigenvalue weighted by Crippen LogP contribution is -2.37. The van der Waals surface area contributed by atoms with Crippen LogP contribution < -0.4 is 0 Å². The fourth-order valence-electron chi connectivity index (χ4n) is 2.29. The smallest absolute Gasteiger partial charge is 0.131 e. The molecule has 1 aliphatic heterocycles. The quantitative estimate of drug-likeness (QED) is 0.865. The molecule has 94 valence electrons. The van der Waals surface area contributed by atoms with Crippen LogP contribution in [0, 0.1) is 0 Å². The minimum Gasteiger partial charge on any atom is -0.381 e. The van der Waals surface area contributed by atoms with Crippen LogP contribution >= 0.6 is 0 Å². The molecule has 1 aromatic heterocycles. The van der Waals surface area contributed by atoms with E-state index in [-0.39, 0.29) is 0 Å². The molecule has 1 aliphatic rings. The highest BCUT2D eigenvalue weighted by molar-refractivity contribution is 5.33. The van der Waals surface area contributed by atoms with Crippen LogP contribution in [-0.2, 0) is 10.3 Å². The molecule has 1 N–H and O–H groups in total. The Morgan fingerprint density at radius 3 is 2.83 bits per heavy atom. The molecule has 0 aliphatic carbocycles. The minimum atomic E-state index is -0.989. The van der Waals surface area contributed by atoms with Crippen molar-refractivity contribution in [2.45, 2.75) is 18.4 Å². The summed E-state index contributed by atoms with van der Waals surface area (Å²) in [4.78, 5) is 0. The number of aliphatic hydroxyl groups is 1. The molecule has 1 atom stereocenters. The Kier molecular flexibility index (Phi) is 2.85. The summed E-state index contributed by atoms with van der Waals surface area (Å²) in [5.41, 5.74) is 0.592. The summed E-state index contributed by atoms with van der Waals surface area (Å²) in [7, 11) is 0. The summed E-state index contributed by atoms with van der Waals surface area (Å²) in [6.07, 6.45) is 3.13. The van der Waals surface area contributed by atoms with Crippen molar-refractivity contribution in [3.05, 3.63) is 42.2 Å². The molecule has 5 nitrogen and oxygen atoms in total. The first-order valence-corrected chi connectivity index (χ1v) is 6.06. The molecule has 0 radical (unpaired) electrons. The average molecular weight is 245 g/mol. The summed E-state index contributed by atoms with van der Waals surface area (Å²) in [5, 5.41) is 18.6. The zero-order valence-corrected chi connectivity index (χ0v) is 9.99. The second-order valence-electron chi connectivity index (χ2n) is 4.55. The lowest BCUT2D eigenvalue weighted by molar-refractivity contribution is -0.0940. The Morgan fingerprint density at radius 1 is 1.28 bits per heavy atom. The summed E-state index contributed by atoms with van der Waals surface area (Å²) < 4.78 is 7.06. The van der Waals surface area contributed by atoms with Crippen molar-refractivity contribution in [3.8, 4) is 5.69 Å². The second-order valence-corrected chi connectivity index (χ2v) is 4.55. The van der Waals surface area contributed by atoms with Gasteiger partial charge in [0.1, 0.15) is 5.60 Å². The molecule has 2 heterocycles. The first kappa shape index (κ1) is 11.4. The van der Waals surface area contributed by atoms with Crippen molar-refractivity contribution in [1.29, 1.82) is 0 Å². The number of nitrogens with zero attached hydrogens (tertiary/aromatic N) is 3. The third-order valence-corrected chi connectivity index (χ3v) is 3.25. The van der Waals surface area contributed by atoms with Crippen LogP contribution in [0.3, 0.4) is 0 Å². The van der Waals surface area contributed by atoms with Crippen LogP contribution in [0.4, 0.5) is 0 Å². The van der Waals surface area contributed by atoms with Crippen LogP contribution in [0.15, 0.2) is 36.5 Å². The molecule has 5 heteroatoms. The predicted octanol–water partition coefficient (Wildman–Crippen LogP) is 1.27. The molecule has 3 rings (SSSR count). The topological polar surface area (TPSA) is 60.2 Å².